The Balaban J connectivity index is 1.81. The molecule has 0 radical (unpaired) electrons. The third kappa shape index (κ3) is 3.57. The molecule has 0 saturated carbocycles. The van der Waals surface area contributed by atoms with Crippen molar-refractivity contribution in [3.63, 3.8) is 0 Å². The summed E-state index contributed by atoms with van der Waals surface area (Å²) in [6.07, 6.45) is 1.56. The molecule has 1 aromatic heterocycles. The summed E-state index contributed by atoms with van der Waals surface area (Å²) in [7, 11) is 0. The van der Waals surface area contributed by atoms with E-state index in [1.165, 1.54) is 0 Å². The van der Waals surface area contributed by atoms with Crippen LogP contribution in [0.15, 0.2) is 34.4 Å². The number of hydrogen-bond acceptors (Lipinski definition) is 6. The lowest BCUT2D eigenvalue weighted by molar-refractivity contribution is -0.145. The molecule has 1 aliphatic rings. The lowest BCUT2D eigenvalue weighted by Gasteiger charge is -2.08. The number of benzene rings is 1. The summed E-state index contributed by atoms with van der Waals surface area (Å²) in [5, 5.41) is 0. The highest BCUT2D eigenvalue weighted by Crippen LogP contribution is 2.37. The molecule has 0 unspecified atom stereocenters. The molecule has 1 aliphatic heterocycles. The Morgan fingerprint density at radius 1 is 1.24 bits per heavy atom. The molecular weight excluding hydrogens is 324 g/mol. The first-order chi connectivity index (χ1) is 12.0. The van der Waals surface area contributed by atoms with Gasteiger partial charge in [0, 0.05) is 12.1 Å². The maximum Gasteiger partial charge on any atom is 0.344 e. The van der Waals surface area contributed by atoms with Crippen LogP contribution >= 0.6 is 0 Å². The van der Waals surface area contributed by atoms with E-state index in [-0.39, 0.29) is 18.1 Å². The van der Waals surface area contributed by atoms with Crippen molar-refractivity contribution in [1.29, 1.82) is 0 Å². The van der Waals surface area contributed by atoms with Crippen molar-refractivity contribution in [2.24, 2.45) is 0 Å². The van der Waals surface area contributed by atoms with Gasteiger partial charge in [0.05, 0.1) is 12.2 Å². The van der Waals surface area contributed by atoms with Gasteiger partial charge in [0.25, 0.3) is 0 Å². The van der Waals surface area contributed by atoms with Gasteiger partial charge in [-0.05, 0) is 44.5 Å². The van der Waals surface area contributed by atoms with Gasteiger partial charge in [-0.15, -0.1) is 0 Å². The number of allylic oxidation sites excluding steroid dienone is 1. The SMILES string of the molecule is CCOC(=O)COc1cc(C)c2c(c1)O/C(=C\c1ccc(C)o1)C2=O. The Hall–Kier alpha value is -3.02. The van der Waals surface area contributed by atoms with Gasteiger partial charge in [-0.3, -0.25) is 4.79 Å². The first-order valence-electron chi connectivity index (χ1n) is 7.91. The highest BCUT2D eigenvalue weighted by molar-refractivity contribution is 6.15. The molecule has 25 heavy (non-hydrogen) atoms. The van der Waals surface area contributed by atoms with E-state index < -0.39 is 5.97 Å². The fourth-order valence-electron chi connectivity index (χ4n) is 2.57. The van der Waals surface area contributed by atoms with E-state index in [0.29, 0.717) is 35.0 Å². The molecular formula is C19H18O6. The summed E-state index contributed by atoms with van der Waals surface area (Å²) in [4.78, 5) is 23.9. The molecule has 0 aliphatic carbocycles. The minimum absolute atomic E-state index is 0.190. The zero-order valence-electron chi connectivity index (χ0n) is 14.3. The first-order valence-corrected chi connectivity index (χ1v) is 7.91. The number of fused-ring (bicyclic) bond motifs is 1. The van der Waals surface area contributed by atoms with Crippen molar-refractivity contribution in [3.8, 4) is 11.5 Å². The molecule has 0 bridgehead atoms. The minimum Gasteiger partial charge on any atom is -0.482 e. The molecule has 3 rings (SSSR count). The average Bonchev–Trinajstić information content (AvgIpc) is 3.10. The quantitative estimate of drug-likeness (QED) is 0.612. The van der Waals surface area contributed by atoms with E-state index in [4.69, 9.17) is 18.6 Å². The fourth-order valence-corrected chi connectivity index (χ4v) is 2.57. The van der Waals surface area contributed by atoms with Gasteiger partial charge in [-0.25, -0.2) is 4.79 Å². The Bertz CT molecular complexity index is 859. The van der Waals surface area contributed by atoms with E-state index >= 15 is 0 Å². The first kappa shape index (κ1) is 16.8. The van der Waals surface area contributed by atoms with Crippen LogP contribution in [0.4, 0.5) is 0 Å². The second kappa shape index (κ2) is 6.84. The Morgan fingerprint density at radius 2 is 2.04 bits per heavy atom. The van der Waals surface area contributed by atoms with Gasteiger partial charge in [0.2, 0.25) is 5.78 Å². The second-order valence-electron chi connectivity index (χ2n) is 5.60. The summed E-state index contributed by atoms with van der Waals surface area (Å²) in [6, 6.07) is 6.86. The maximum atomic E-state index is 12.5. The topological polar surface area (TPSA) is 75.0 Å². The van der Waals surface area contributed by atoms with Crippen molar-refractivity contribution in [2.75, 3.05) is 13.2 Å². The van der Waals surface area contributed by atoms with Crippen LogP contribution in [-0.2, 0) is 9.53 Å². The van der Waals surface area contributed by atoms with Crippen LogP contribution in [0.5, 0.6) is 11.5 Å². The normalized spacial score (nSPS) is 14.4. The number of furan rings is 1. The summed E-state index contributed by atoms with van der Waals surface area (Å²) >= 11 is 0. The number of ether oxygens (including phenoxy) is 3. The maximum absolute atomic E-state index is 12.5. The van der Waals surface area contributed by atoms with E-state index in [1.54, 1.807) is 38.1 Å². The molecule has 0 fully saturated rings. The van der Waals surface area contributed by atoms with E-state index in [9.17, 15) is 9.59 Å². The van der Waals surface area contributed by atoms with Crippen molar-refractivity contribution in [1.82, 2.24) is 0 Å². The number of Topliss-reactive ketones (excluding diaryl/α,β-unsaturated/α-hetero) is 1. The average molecular weight is 342 g/mol. The zero-order chi connectivity index (χ0) is 18.0. The van der Waals surface area contributed by atoms with Crippen molar-refractivity contribution < 1.29 is 28.2 Å². The molecule has 2 heterocycles. The van der Waals surface area contributed by atoms with E-state index in [2.05, 4.69) is 0 Å². The van der Waals surface area contributed by atoms with Crippen LogP contribution in [0.25, 0.3) is 6.08 Å². The molecule has 0 amide bonds. The number of aryl methyl sites for hydroxylation is 2. The summed E-state index contributed by atoms with van der Waals surface area (Å²) in [5.74, 6) is 1.66. The number of esters is 1. The Labute approximate surface area is 145 Å². The van der Waals surface area contributed by atoms with Gasteiger partial charge in [-0.2, -0.15) is 0 Å². The lowest BCUT2D eigenvalue weighted by Crippen LogP contribution is -2.14. The minimum atomic E-state index is -0.452. The fraction of sp³-hybridized carbons (Fsp3) is 0.263. The molecule has 0 N–H and O–H groups in total. The molecule has 0 atom stereocenters. The van der Waals surface area contributed by atoms with E-state index in [0.717, 1.165) is 5.76 Å². The predicted molar refractivity (Wildman–Crippen MR) is 89.7 cm³/mol. The zero-order valence-corrected chi connectivity index (χ0v) is 14.3. The standard InChI is InChI=1S/C19H18O6/c1-4-22-17(20)10-23-14-7-11(2)18-15(9-14)25-16(19(18)21)8-13-6-5-12(3)24-13/h5-9H,4,10H2,1-3H3/b16-8-. The molecule has 0 spiro atoms. The number of ketones is 1. The van der Waals surface area contributed by atoms with Gasteiger partial charge < -0.3 is 18.6 Å². The van der Waals surface area contributed by atoms with Gasteiger partial charge in [0.15, 0.2) is 12.4 Å². The smallest absolute Gasteiger partial charge is 0.344 e. The highest BCUT2D eigenvalue weighted by atomic mass is 16.6. The molecule has 130 valence electrons. The van der Waals surface area contributed by atoms with Crippen LogP contribution in [-0.4, -0.2) is 25.0 Å². The summed E-state index contributed by atoms with van der Waals surface area (Å²) in [6.45, 7) is 5.44. The molecule has 1 aromatic carbocycles. The molecule has 6 nitrogen and oxygen atoms in total. The van der Waals surface area contributed by atoms with Crippen molar-refractivity contribution >= 4 is 17.8 Å². The number of carbonyl (C=O) groups is 2. The third-order valence-electron chi connectivity index (χ3n) is 3.64. The molecule has 6 heteroatoms. The van der Waals surface area contributed by atoms with Gasteiger partial charge in [-0.1, -0.05) is 0 Å². The van der Waals surface area contributed by atoms with Gasteiger partial charge >= 0.3 is 5.97 Å². The van der Waals surface area contributed by atoms with Crippen LogP contribution in [0, 0.1) is 13.8 Å². The highest BCUT2D eigenvalue weighted by Gasteiger charge is 2.30. The van der Waals surface area contributed by atoms with Crippen molar-refractivity contribution in [2.45, 2.75) is 20.8 Å². The summed E-state index contributed by atoms with van der Waals surface area (Å²) in [5.41, 5.74) is 1.19. The lowest BCUT2D eigenvalue weighted by atomic mass is 10.0. The monoisotopic (exact) mass is 342 g/mol. The van der Waals surface area contributed by atoms with Crippen LogP contribution in [0.3, 0.4) is 0 Å². The molecule has 0 saturated heterocycles. The van der Waals surface area contributed by atoms with Crippen LogP contribution in [0.2, 0.25) is 0 Å². The third-order valence-corrected chi connectivity index (χ3v) is 3.64. The van der Waals surface area contributed by atoms with Gasteiger partial charge in [0.1, 0.15) is 23.0 Å². The van der Waals surface area contributed by atoms with Crippen LogP contribution in [0.1, 0.15) is 34.4 Å². The number of rotatable bonds is 5. The Kier molecular flexibility index (Phi) is 4.61. The largest absolute Gasteiger partial charge is 0.482 e. The number of hydrogen-bond donors (Lipinski definition) is 0. The van der Waals surface area contributed by atoms with Crippen molar-refractivity contribution in [3.05, 3.63) is 52.7 Å². The Morgan fingerprint density at radius 3 is 2.72 bits per heavy atom. The van der Waals surface area contributed by atoms with E-state index in [1.807, 2.05) is 13.0 Å². The second-order valence-corrected chi connectivity index (χ2v) is 5.60. The van der Waals surface area contributed by atoms with Crippen LogP contribution < -0.4 is 9.47 Å². The summed E-state index contributed by atoms with van der Waals surface area (Å²) < 4.78 is 21.3. The number of carbonyl (C=O) groups excluding carboxylic acids is 2. The molecule has 2 aromatic rings. The predicted octanol–water partition coefficient (Wildman–Crippen LogP) is 3.45.